The van der Waals surface area contributed by atoms with E-state index in [9.17, 15) is 0 Å². The predicted octanol–water partition coefficient (Wildman–Crippen LogP) is 3.23. The summed E-state index contributed by atoms with van der Waals surface area (Å²) in [4.78, 5) is 2.45. The fourth-order valence-corrected chi connectivity index (χ4v) is 3.49. The van der Waals surface area contributed by atoms with Crippen molar-refractivity contribution in [3.63, 3.8) is 0 Å². The SMILES string of the molecule is CN(CCOCC1CC1)CC1(CS)CCCCC1. The highest BCUT2D eigenvalue weighted by Crippen LogP contribution is 2.37. The number of hydrogen-bond acceptors (Lipinski definition) is 3. The van der Waals surface area contributed by atoms with Crippen LogP contribution in [0.3, 0.4) is 0 Å². The lowest BCUT2D eigenvalue weighted by molar-refractivity contribution is 0.0813. The molecule has 18 heavy (non-hydrogen) atoms. The minimum atomic E-state index is 0.479. The van der Waals surface area contributed by atoms with Crippen LogP contribution in [0.1, 0.15) is 44.9 Å². The third kappa shape index (κ3) is 4.75. The van der Waals surface area contributed by atoms with E-state index in [1.807, 2.05) is 0 Å². The topological polar surface area (TPSA) is 12.5 Å². The number of likely N-dealkylation sites (N-methyl/N-ethyl adjacent to an activating group) is 1. The third-order valence-corrected chi connectivity index (χ3v) is 5.19. The van der Waals surface area contributed by atoms with Crippen LogP contribution in [0.25, 0.3) is 0 Å². The standard InChI is InChI=1S/C15H29NOS/c1-16(9-10-17-11-14-5-6-14)12-15(13-18)7-3-2-4-8-15/h14,18H,2-13H2,1H3. The van der Waals surface area contributed by atoms with Crippen molar-refractivity contribution in [2.75, 3.05) is 39.1 Å². The van der Waals surface area contributed by atoms with Crippen molar-refractivity contribution in [2.45, 2.75) is 44.9 Å². The third-order valence-electron chi connectivity index (χ3n) is 4.52. The highest BCUT2D eigenvalue weighted by atomic mass is 32.1. The van der Waals surface area contributed by atoms with Crippen LogP contribution >= 0.6 is 12.6 Å². The molecule has 0 atom stereocenters. The van der Waals surface area contributed by atoms with Gasteiger partial charge in [0.25, 0.3) is 0 Å². The van der Waals surface area contributed by atoms with Crippen molar-refractivity contribution < 1.29 is 4.74 Å². The monoisotopic (exact) mass is 271 g/mol. The second-order valence-corrected chi connectivity index (χ2v) is 6.79. The van der Waals surface area contributed by atoms with Crippen LogP contribution in [0.15, 0.2) is 0 Å². The molecule has 2 fully saturated rings. The fourth-order valence-electron chi connectivity index (χ4n) is 3.07. The van der Waals surface area contributed by atoms with Gasteiger partial charge in [-0.3, -0.25) is 0 Å². The molecule has 0 saturated heterocycles. The van der Waals surface area contributed by atoms with Crippen molar-refractivity contribution in [1.29, 1.82) is 0 Å². The van der Waals surface area contributed by atoms with Gasteiger partial charge in [-0.1, -0.05) is 19.3 Å². The summed E-state index contributed by atoms with van der Waals surface area (Å²) in [5.41, 5.74) is 0.479. The number of thiol groups is 1. The van der Waals surface area contributed by atoms with Gasteiger partial charge in [0.05, 0.1) is 6.61 Å². The maximum absolute atomic E-state index is 5.72. The lowest BCUT2D eigenvalue weighted by Gasteiger charge is -2.39. The van der Waals surface area contributed by atoms with Gasteiger partial charge in [0.1, 0.15) is 0 Å². The summed E-state index contributed by atoms with van der Waals surface area (Å²) >= 11 is 4.61. The Balaban J connectivity index is 1.62. The van der Waals surface area contributed by atoms with Crippen LogP contribution in [-0.2, 0) is 4.74 Å². The maximum Gasteiger partial charge on any atom is 0.0593 e. The fraction of sp³-hybridized carbons (Fsp3) is 1.00. The highest BCUT2D eigenvalue weighted by molar-refractivity contribution is 7.80. The molecule has 2 aliphatic rings. The molecular formula is C15H29NOS. The second-order valence-electron chi connectivity index (χ2n) is 6.47. The summed E-state index contributed by atoms with van der Waals surface area (Å²) in [5.74, 6) is 1.93. The zero-order valence-corrected chi connectivity index (χ0v) is 12.8. The quantitative estimate of drug-likeness (QED) is 0.537. The molecule has 0 aliphatic heterocycles. The van der Waals surface area contributed by atoms with E-state index in [1.54, 1.807) is 0 Å². The van der Waals surface area contributed by atoms with E-state index in [1.165, 1.54) is 51.5 Å². The number of rotatable bonds is 8. The highest BCUT2D eigenvalue weighted by Gasteiger charge is 2.31. The summed E-state index contributed by atoms with van der Waals surface area (Å²) < 4.78 is 5.72. The summed E-state index contributed by atoms with van der Waals surface area (Å²) in [6, 6.07) is 0. The van der Waals surface area contributed by atoms with E-state index in [0.29, 0.717) is 5.41 Å². The van der Waals surface area contributed by atoms with Gasteiger partial charge < -0.3 is 9.64 Å². The molecule has 106 valence electrons. The van der Waals surface area contributed by atoms with E-state index < -0.39 is 0 Å². The van der Waals surface area contributed by atoms with Crippen LogP contribution in [-0.4, -0.2) is 44.0 Å². The molecule has 2 saturated carbocycles. The van der Waals surface area contributed by atoms with Crippen molar-refractivity contribution in [2.24, 2.45) is 11.3 Å². The zero-order chi connectivity index (χ0) is 12.8. The molecule has 0 spiro atoms. The number of ether oxygens (including phenoxy) is 1. The summed E-state index contributed by atoms with van der Waals surface area (Å²) in [6.07, 6.45) is 9.72. The molecule has 0 N–H and O–H groups in total. The minimum absolute atomic E-state index is 0.479. The molecule has 2 nitrogen and oxygen atoms in total. The van der Waals surface area contributed by atoms with E-state index in [4.69, 9.17) is 4.74 Å². The first-order chi connectivity index (χ1) is 8.74. The first-order valence-corrected chi connectivity index (χ1v) is 8.24. The van der Waals surface area contributed by atoms with Crippen molar-refractivity contribution in [3.8, 4) is 0 Å². The normalized spacial score (nSPS) is 23.5. The Morgan fingerprint density at radius 1 is 1.22 bits per heavy atom. The Labute approximate surface area is 118 Å². The average Bonchev–Trinajstić information content (AvgIpc) is 3.20. The molecule has 0 aromatic heterocycles. The minimum Gasteiger partial charge on any atom is -0.380 e. The molecule has 2 aliphatic carbocycles. The molecule has 0 heterocycles. The Hall–Kier alpha value is 0.270. The summed E-state index contributed by atoms with van der Waals surface area (Å²) in [6.45, 7) is 4.16. The van der Waals surface area contributed by atoms with Crippen LogP contribution in [0.4, 0.5) is 0 Å². The Kier molecular flexibility index (Phi) is 5.84. The molecule has 0 aromatic carbocycles. The first kappa shape index (κ1) is 14.7. The van der Waals surface area contributed by atoms with Crippen LogP contribution in [0.5, 0.6) is 0 Å². The van der Waals surface area contributed by atoms with Gasteiger partial charge in [-0.05, 0) is 49.8 Å². The van der Waals surface area contributed by atoms with E-state index in [0.717, 1.165) is 31.4 Å². The summed E-state index contributed by atoms with van der Waals surface area (Å²) in [7, 11) is 2.24. The van der Waals surface area contributed by atoms with Gasteiger partial charge >= 0.3 is 0 Å². The Bertz CT molecular complexity index is 237. The predicted molar refractivity (Wildman–Crippen MR) is 80.4 cm³/mol. The van der Waals surface area contributed by atoms with Gasteiger partial charge in [-0.25, -0.2) is 0 Å². The van der Waals surface area contributed by atoms with Crippen molar-refractivity contribution >= 4 is 12.6 Å². The number of nitrogens with zero attached hydrogens (tertiary/aromatic N) is 1. The molecule has 0 bridgehead atoms. The van der Waals surface area contributed by atoms with Gasteiger partial charge in [-0.15, -0.1) is 0 Å². The van der Waals surface area contributed by atoms with Crippen LogP contribution in [0.2, 0.25) is 0 Å². The lowest BCUT2D eigenvalue weighted by atomic mass is 9.75. The molecule has 0 radical (unpaired) electrons. The summed E-state index contributed by atoms with van der Waals surface area (Å²) in [5, 5.41) is 0. The first-order valence-electron chi connectivity index (χ1n) is 7.61. The number of hydrogen-bond donors (Lipinski definition) is 1. The molecule has 0 unspecified atom stereocenters. The largest absolute Gasteiger partial charge is 0.380 e. The second kappa shape index (κ2) is 7.16. The molecular weight excluding hydrogens is 242 g/mol. The van der Waals surface area contributed by atoms with Crippen LogP contribution in [0, 0.1) is 11.3 Å². The van der Waals surface area contributed by atoms with Gasteiger partial charge in [-0.2, -0.15) is 12.6 Å². The Morgan fingerprint density at radius 2 is 1.94 bits per heavy atom. The molecule has 3 heteroatoms. The Morgan fingerprint density at radius 3 is 2.56 bits per heavy atom. The van der Waals surface area contributed by atoms with Crippen molar-refractivity contribution in [3.05, 3.63) is 0 Å². The van der Waals surface area contributed by atoms with Gasteiger partial charge in [0, 0.05) is 19.7 Å². The average molecular weight is 271 g/mol. The van der Waals surface area contributed by atoms with E-state index in [2.05, 4.69) is 24.6 Å². The lowest BCUT2D eigenvalue weighted by Crippen LogP contribution is -2.40. The van der Waals surface area contributed by atoms with E-state index >= 15 is 0 Å². The van der Waals surface area contributed by atoms with E-state index in [-0.39, 0.29) is 0 Å². The van der Waals surface area contributed by atoms with Gasteiger partial charge in [0.2, 0.25) is 0 Å². The maximum atomic E-state index is 5.72. The molecule has 2 rings (SSSR count). The van der Waals surface area contributed by atoms with Crippen LogP contribution < -0.4 is 0 Å². The van der Waals surface area contributed by atoms with Gasteiger partial charge in [0.15, 0.2) is 0 Å². The zero-order valence-electron chi connectivity index (χ0n) is 11.9. The molecule has 0 aromatic rings. The molecule has 0 amide bonds. The van der Waals surface area contributed by atoms with Crippen molar-refractivity contribution in [1.82, 2.24) is 4.90 Å². The smallest absolute Gasteiger partial charge is 0.0593 e.